The Bertz CT molecular complexity index is 655. The molecule has 18 heavy (non-hydrogen) atoms. The Balaban J connectivity index is 1.64. The van der Waals surface area contributed by atoms with Crippen LogP contribution in [0.3, 0.4) is 0 Å². The Kier molecular flexibility index (Phi) is 2.56. The first-order valence-electron chi connectivity index (χ1n) is 5.45. The molecule has 3 heterocycles. The third kappa shape index (κ3) is 1.97. The summed E-state index contributed by atoms with van der Waals surface area (Å²) in [6, 6.07) is 3.64. The van der Waals surface area contributed by atoms with Crippen LogP contribution in [-0.4, -0.2) is 46.6 Å². The number of aromatic nitrogens is 8. The van der Waals surface area contributed by atoms with Gasteiger partial charge in [0.15, 0.2) is 5.65 Å². The first kappa shape index (κ1) is 10.6. The monoisotopic (exact) mass is 245 g/mol. The summed E-state index contributed by atoms with van der Waals surface area (Å²) in [6.07, 6.45) is 2.45. The topological polar surface area (TPSA) is 98.7 Å². The third-order valence-corrected chi connectivity index (χ3v) is 2.53. The smallest absolute Gasteiger partial charge is 0.200 e. The predicted molar refractivity (Wildman–Crippen MR) is 61.8 cm³/mol. The van der Waals surface area contributed by atoms with Crippen LogP contribution >= 0.6 is 0 Å². The van der Waals surface area contributed by atoms with Crippen LogP contribution in [0.4, 0.5) is 5.82 Å². The molecule has 0 saturated carbocycles. The van der Waals surface area contributed by atoms with E-state index in [4.69, 9.17) is 0 Å². The van der Waals surface area contributed by atoms with Crippen molar-refractivity contribution in [3.63, 3.8) is 0 Å². The third-order valence-electron chi connectivity index (χ3n) is 2.53. The lowest BCUT2D eigenvalue weighted by molar-refractivity contribution is 0.731. The van der Waals surface area contributed by atoms with E-state index in [0.717, 1.165) is 18.1 Å². The number of anilines is 1. The highest BCUT2D eigenvalue weighted by molar-refractivity contribution is 5.41. The SMILES string of the molecule is Cn1cnnc1CCNc1ccc2nnnn2n1. The highest BCUT2D eigenvalue weighted by atomic mass is 15.6. The summed E-state index contributed by atoms with van der Waals surface area (Å²) in [7, 11) is 1.92. The first-order chi connectivity index (χ1) is 8.83. The van der Waals surface area contributed by atoms with E-state index in [1.165, 1.54) is 4.63 Å². The van der Waals surface area contributed by atoms with Crippen molar-refractivity contribution in [3.05, 3.63) is 24.3 Å². The summed E-state index contributed by atoms with van der Waals surface area (Å²) >= 11 is 0. The second-order valence-electron chi connectivity index (χ2n) is 3.78. The molecule has 1 N–H and O–H groups in total. The highest BCUT2D eigenvalue weighted by Gasteiger charge is 2.02. The maximum atomic E-state index is 4.20. The average Bonchev–Trinajstić information content (AvgIpc) is 2.98. The number of nitrogens with one attached hydrogen (secondary N) is 1. The van der Waals surface area contributed by atoms with Gasteiger partial charge < -0.3 is 9.88 Å². The summed E-state index contributed by atoms with van der Waals surface area (Å²) in [5, 5.41) is 26.2. The van der Waals surface area contributed by atoms with Crippen molar-refractivity contribution in [3.8, 4) is 0 Å². The van der Waals surface area contributed by atoms with Gasteiger partial charge in [-0.1, -0.05) is 0 Å². The van der Waals surface area contributed by atoms with Crippen molar-refractivity contribution in [2.24, 2.45) is 7.05 Å². The van der Waals surface area contributed by atoms with Gasteiger partial charge in [0.05, 0.1) is 0 Å². The van der Waals surface area contributed by atoms with Crippen LogP contribution in [-0.2, 0) is 13.5 Å². The number of aryl methyl sites for hydroxylation is 1. The van der Waals surface area contributed by atoms with Crippen molar-refractivity contribution in [1.82, 2.24) is 40.0 Å². The van der Waals surface area contributed by atoms with E-state index in [9.17, 15) is 0 Å². The normalized spacial score (nSPS) is 10.9. The molecule has 92 valence electrons. The standard InChI is InChI=1S/C9H11N9/c1-17-6-11-12-8(17)4-5-10-7-2-3-9-13-15-16-18(9)14-7/h2-3,6H,4-5H2,1H3,(H,10,14). The number of nitrogens with zero attached hydrogens (tertiary/aromatic N) is 8. The molecular weight excluding hydrogens is 234 g/mol. The fourth-order valence-electron chi connectivity index (χ4n) is 1.58. The molecule has 0 bridgehead atoms. The molecule has 3 aromatic heterocycles. The number of tetrazole rings is 1. The van der Waals surface area contributed by atoms with Crippen LogP contribution in [0.5, 0.6) is 0 Å². The summed E-state index contributed by atoms with van der Waals surface area (Å²) in [6.45, 7) is 0.715. The molecule has 9 heteroatoms. The zero-order valence-corrected chi connectivity index (χ0v) is 9.72. The fraction of sp³-hybridized carbons (Fsp3) is 0.333. The van der Waals surface area contributed by atoms with Crippen LogP contribution < -0.4 is 5.32 Å². The van der Waals surface area contributed by atoms with Crippen molar-refractivity contribution >= 4 is 11.5 Å². The second kappa shape index (κ2) is 4.35. The van der Waals surface area contributed by atoms with Gasteiger partial charge in [-0.15, -0.1) is 25.0 Å². The molecule has 0 spiro atoms. The Morgan fingerprint density at radius 2 is 2.22 bits per heavy atom. The van der Waals surface area contributed by atoms with E-state index < -0.39 is 0 Å². The molecule has 3 aromatic rings. The van der Waals surface area contributed by atoms with Crippen LogP contribution in [0.15, 0.2) is 18.5 Å². The van der Waals surface area contributed by atoms with Crippen LogP contribution in [0.25, 0.3) is 5.65 Å². The molecule has 0 aliphatic heterocycles. The second-order valence-corrected chi connectivity index (χ2v) is 3.78. The molecule has 0 radical (unpaired) electrons. The summed E-state index contributed by atoms with van der Waals surface area (Å²) in [5.74, 6) is 1.64. The van der Waals surface area contributed by atoms with Gasteiger partial charge in [-0.05, 0) is 22.6 Å². The average molecular weight is 245 g/mol. The summed E-state index contributed by atoms with van der Waals surface area (Å²) < 4.78 is 3.27. The first-order valence-corrected chi connectivity index (χ1v) is 5.45. The van der Waals surface area contributed by atoms with Gasteiger partial charge >= 0.3 is 0 Å². The van der Waals surface area contributed by atoms with Crippen LogP contribution in [0, 0.1) is 0 Å². The molecule has 0 aromatic carbocycles. The van der Waals surface area contributed by atoms with E-state index in [0.29, 0.717) is 12.2 Å². The lowest BCUT2D eigenvalue weighted by Crippen LogP contribution is -2.10. The molecule has 0 saturated heterocycles. The molecule has 3 rings (SSSR count). The maximum Gasteiger partial charge on any atom is 0.200 e. The number of rotatable bonds is 4. The number of hydrogen-bond acceptors (Lipinski definition) is 7. The molecule has 0 amide bonds. The summed E-state index contributed by atoms with van der Waals surface area (Å²) in [5.41, 5.74) is 0.619. The van der Waals surface area contributed by atoms with E-state index in [1.54, 1.807) is 12.4 Å². The van der Waals surface area contributed by atoms with Crippen molar-refractivity contribution in [2.45, 2.75) is 6.42 Å². The maximum absolute atomic E-state index is 4.20. The zero-order valence-electron chi connectivity index (χ0n) is 9.72. The number of fused-ring (bicyclic) bond motifs is 1. The van der Waals surface area contributed by atoms with Gasteiger partial charge in [0.1, 0.15) is 18.0 Å². The predicted octanol–water partition coefficient (Wildman–Crippen LogP) is -0.698. The lowest BCUT2D eigenvalue weighted by Gasteiger charge is -2.04. The molecule has 0 atom stereocenters. The Hall–Kier alpha value is -2.58. The van der Waals surface area contributed by atoms with Crippen molar-refractivity contribution in [1.29, 1.82) is 0 Å². The Morgan fingerprint density at radius 3 is 3.06 bits per heavy atom. The molecule has 0 aliphatic carbocycles. The van der Waals surface area contributed by atoms with E-state index in [2.05, 4.69) is 36.1 Å². The van der Waals surface area contributed by atoms with Crippen molar-refractivity contribution < 1.29 is 0 Å². The van der Waals surface area contributed by atoms with Crippen LogP contribution in [0.1, 0.15) is 5.82 Å². The van der Waals surface area contributed by atoms with E-state index in [1.807, 2.05) is 17.7 Å². The molecule has 0 aliphatic rings. The molecule has 9 nitrogen and oxygen atoms in total. The minimum atomic E-state index is 0.619. The molecule has 0 fully saturated rings. The Morgan fingerprint density at radius 1 is 1.28 bits per heavy atom. The highest BCUT2D eigenvalue weighted by Crippen LogP contribution is 2.03. The quantitative estimate of drug-likeness (QED) is 0.649. The largest absolute Gasteiger partial charge is 0.368 e. The van der Waals surface area contributed by atoms with Gasteiger partial charge in [-0.25, -0.2) is 0 Å². The number of hydrogen-bond donors (Lipinski definition) is 1. The molecule has 0 unspecified atom stereocenters. The van der Waals surface area contributed by atoms with Gasteiger partial charge in [0, 0.05) is 20.0 Å². The van der Waals surface area contributed by atoms with E-state index in [-0.39, 0.29) is 0 Å². The Labute approximate surface area is 102 Å². The van der Waals surface area contributed by atoms with Crippen LogP contribution in [0.2, 0.25) is 0 Å². The lowest BCUT2D eigenvalue weighted by atomic mass is 10.4. The molecular formula is C9H11N9. The van der Waals surface area contributed by atoms with Gasteiger partial charge in [0.25, 0.3) is 0 Å². The van der Waals surface area contributed by atoms with E-state index >= 15 is 0 Å². The zero-order chi connectivity index (χ0) is 12.4. The van der Waals surface area contributed by atoms with Gasteiger partial charge in [-0.2, -0.15) is 0 Å². The van der Waals surface area contributed by atoms with Crippen molar-refractivity contribution in [2.75, 3.05) is 11.9 Å². The summed E-state index contributed by atoms with van der Waals surface area (Å²) in [4.78, 5) is 0. The minimum absolute atomic E-state index is 0.619. The fourth-order valence-corrected chi connectivity index (χ4v) is 1.58. The van der Waals surface area contributed by atoms with Gasteiger partial charge in [0.2, 0.25) is 0 Å². The van der Waals surface area contributed by atoms with Gasteiger partial charge in [-0.3, -0.25) is 0 Å². The minimum Gasteiger partial charge on any atom is -0.368 e.